The smallest absolute Gasteiger partial charge is 0.349 e. The minimum atomic E-state index is -4.84. The second kappa shape index (κ2) is 10.4. The van der Waals surface area contributed by atoms with Crippen molar-refractivity contribution in [3.8, 4) is 0 Å². The molecular formula is C21H25F3N8O2. The van der Waals surface area contributed by atoms with Crippen LogP contribution in [0.25, 0.3) is 0 Å². The van der Waals surface area contributed by atoms with Crippen LogP contribution >= 0.6 is 0 Å². The molecule has 3 N–H and O–H groups in total. The number of carbonyl (C=O) groups is 1. The quantitative estimate of drug-likeness (QED) is 0.482. The number of hydrogen-bond acceptors (Lipinski definition) is 9. The van der Waals surface area contributed by atoms with Gasteiger partial charge in [-0.1, -0.05) is 35.1 Å². The van der Waals surface area contributed by atoms with E-state index in [1.54, 1.807) is 0 Å². The number of halogens is 3. The Morgan fingerprint density at radius 1 is 1.26 bits per heavy atom. The fourth-order valence-corrected chi connectivity index (χ4v) is 3.87. The van der Waals surface area contributed by atoms with Crippen molar-refractivity contribution in [3.63, 3.8) is 0 Å². The number of anilines is 1. The molecule has 3 heterocycles. The summed E-state index contributed by atoms with van der Waals surface area (Å²) in [5.74, 6) is -3.40. The van der Waals surface area contributed by atoms with Crippen LogP contribution in [0, 0.1) is 4.91 Å². The number of nitrogens with zero attached hydrogens (tertiary/aromatic N) is 5. The molecular weight excluding hydrogens is 453 g/mol. The van der Waals surface area contributed by atoms with Gasteiger partial charge in [0.2, 0.25) is 17.6 Å². The van der Waals surface area contributed by atoms with Crippen molar-refractivity contribution < 1.29 is 18.0 Å². The molecule has 3 aliphatic rings. The van der Waals surface area contributed by atoms with Crippen LogP contribution in [0.15, 0.2) is 40.6 Å². The maximum absolute atomic E-state index is 13.2. The molecule has 4 rings (SSSR count). The first-order valence-electron chi connectivity index (χ1n) is 11.0. The van der Waals surface area contributed by atoms with E-state index in [1.807, 2.05) is 12.2 Å². The third-order valence-corrected chi connectivity index (χ3v) is 5.81. The SMILES string of the molecule is O=NC(CNC(=O)c1nc(NC2CNC2)nc(C(F)(F)F)n1)CN1CCC2=C(C=CC=CC2)C1. The largest absolute Gasteiger partial charge is 0.451 e. The van der Waals surface area contributed by atoms with Gasteiger partial charge < -0.3 is 16.0 Å². The molecule has 1 unspecified atom stereocenters. The van der Waals surface area contributed by atoms with Crippen molar-refractivity contribution in [2.45, 2.75) is 31.1 Å². The Balaban J connectivity index is 1.37. The van der Waals surface area contributed by atoms with Gasteiger partial charge in [-0.15, -0.1) is 0 Å². The van der Waals surface area contributed by atoms with Gasteiger partial charge in [0, 0.05) is 39.3 Å². The number of nitrogens with one attached hydrogen (secondary N) is 3. The number of amides is 1. The number of alkyl halides is 3. The van der Waals surface area contributed by atoms with E-state index in [0.29, 0.717) is 26.2 Å². The molecule has 1 saturated heterocycles. The van der Waals surface area contributed by atoms with E-state index < -0.39 is 29.8 Å². The zero-order valence-corrected chi connectivity index (χ0v) is 18.3. The molecule has 1 atom stereocenters. The second-order valence-electron chi connectivity index (χ2n) is 8.38. The van der Waals surface area contributed by atoms with Crippen molar-refractivity contribution in [1.29, 1.82) is 0 Å². The van der Waals surface area contributed by atoms with Crippen LogP contribution in [-0.2, 0) is 6.18 Å². The summed E-state index contributed by atoms with van der Waals surface area (Å²) in [4.78, 5) is 36.5. The van der Waals surface area contributed by atoms with Crippen LogP contribution in [0.4, 0.5) is 19.1 Å². The lowest BCUT2D eigenvalue weighted by molar-refractivity contribution is -0.145. The summed E-state index contributed by atoms with van der Waals surface area (Å²) in [6.07, 6.45) is 5.08. The predicted octanol–water partition coefficient (Wildman–Crippen LogP) is 1.66. The van der Waals surface area contributed by atoms with Gasteiger partial charge in [-0.2, -0.15) is 33.0 Å². The number of hydrogen-bond donors (Lipinski definition) is 3. The van der Waals surface area contributed by atoms with Crippen LogP contribution in [0.3, 0.4) is 0 Å². The van der Waals surface area contributed by atoms with Gasteiger partial charge in [0.15, 0.2) is 0 Å². The van der Waals surface area contributed by atoms with Gasteiger partial charge >= 0.3 is 6.18 Å². The third-order valence-electron chi connectivity index (χ3n) is 5.81. The molecule has 0 aromatic carbocycles. The van der Waals surface area contributed by atoms with Gasteiger partial charge in [-0.3, -0.25) is 9.69 Å². The van der Waals surface area contributed by atoms with E-state index in [4.69, 9.17) is 0 Å². The highest BCUT2D eigenvalue weighted by Gasteiger charge is 2.37. The molecule has 0 spiro atoms. The van der Waals surface area contributed by atoms with Gasteiger partial charge in [-0.05, 0) is 18.4 Å². The van der Waals surface area contributed by atoms with E-state index in [9.17, 15) is 22.9 Å². The number of allylic oxidation sites excluding steroid dienone is 3. The van der Waals surface area contributed by atoms with Crippen molar-refractivity contribution in [3.05, 3.63) is 52.0 Å². The first kappa shape index (κ1) is 24.0. The summed E-state index contributed by atoms with van der Waals surface area (Å²) < 4.78 is 39.7. The van der Waals surface area contributed by atoms with Crippen LogP contribution in [0.5, 0.6) is 0 Å². The van der Waals surface area contributed by atoms with Gasteiger partial charge in [0.1, 0.15) is 6.04 Å². The topological polar surface area (TPSA) is 124 Å². The monoisotopic (exact) mass is 478 g/mol. The van der Waals surface area contributed by atoms with Crippen molar-refractivity contribution in [2.75, 3.05) is 44.6 Å². The molecule has 1 amide bonds. The molecule has 1 aromatic heterocycles. The molecule has 1 aliphatic carbocycles. The van der Waals surface area contributed by atoms with Gasteiger partial charge in [0.05, 0.1) is 6.04 Å². The van der Waals surface area contributed by atoms with Crippen molar-refractivity contribution >= 4 is 11.9 Å². The highest BCUT2D eigenvalue weighted by Crippen LogP contribution is 2.27. The fourth-order valence-electron chi connectivity index (χ4n) is 3.87. The summed E-state index contributed by atoms with van der Waals surface area (Å²) in [7, 11) is 0. The molecule has 0 radical (unpaired) electrons. The number of carbonyl (C=O) groups excluding carboxylic acids is 1. The van der Waals surface area contributed by atoms with Crippen LogP contribution in [0.1, 0.15) is 29.3 Å². The molecule has 34 heavy (non-hydrogen) atoms. The van der Waals surface area contributed by atoms with Crippen LogP contribution < -0.4 is 16.0 Å². The summed E-state index contributed by atoms with van der Waals surface area (Å²) >= 11 is 0. The third kappa shape index (κ3) is 6.03. The highest BCUT2D eigenvalue weighted by molar-refractivity contribution is 5.90. The van der Waals surface area contributed by atoms with E-state index in [-0.39, 0.29) is 18.5 Å². The summed E-state index contributed by atoms with van der Waals surface area (Å²) in [6.45, 7) is 2.68. The van der Waals surface area contributed by atoms with E-state index in [1.165, 1.54) is 11.1 Å². The Hall–Kier alpha value is -3.19. The Labute approximate surface area is 193 Å². The first-order chi connectivity index (χ1) is 16.3. The highest BCUT2D eigenvalue weighted by atomic mass is 19.4. The summed E-state index contributed by atoms with van der Waals surface area (Å²) in [5, 5.41) is 11.3. The molecule has 182 valence electrons. The summed E-state index contributed by atoms with van der Waals surface area (Å²) in [6, 6.07) is -0.913. The predicted molar refractivity (Wildman–Crippen MR) is 118 cm³/mol. The molecule has 0 saturated carbocycles. The Bertz CT molecular complexity index is 1020. The van der Waals surface area contributed by atoms with E-state index in [2.05, 4.69) is 53.1 Å². The zero-order valence-electron chi connectivity index (χ0n) is 18.3. The Morgan fingerprint density at radius 2 is 2.09 bits per heavy atom. The molecule has 1 fully saturated rings. The fraction of sp³-hybridized carbons (Fsp3) is 0.524. The zero-order chi connectivity index (χ0) is 24.1. The number of aromatic nitrogens is 3. The Morgan fingerprint density at radius 3 is 2.79 bits per heavy atom. The Kier molecular flexibility index (Phi) is 7.32. The molecule has 2 aliphatic heterocycles. The van der Waals surface area contributed by atoms with Crippen LogP contribution in [0.2, 0.25) is 0 Å². The van der Waals surface area contributed by atoms with E-state index in [0.717, 1.165) is 19.4 Å². The number of rotatable bonds is 8. The minimum Gasteiger partial charge on any atom is -0.349 e. The van der Waals surface area contributed by atoms with Crippen LogP contribution in [-0.4, -0.2) is 77.1 Å². The van der Waals surface area contributed by atoms with Crippen molar-refractivity contribution in [1.82, 2.24) is 30.5 Å². The average Bonchev–Trinajstić information content (AvgIpc) is 3.03. The standard InChI is InChI=1S/C21H25F3N8O2/c22-21(23,24)19-28-17(29-20(30-19)27-15-8-25-9-15)18(33)26-10-16(31-34)12-32-7-6-13-4-2-1-3-5-14(13)11-32/h1-3,5,15-16,25H,4,6-12H2,(H,26,33)(H,27,28,29,30). The number of nitroso groups, excluding NO2 is 1. The molecule has 13 heteroatoms. The minimum absolute atomic E-state index is 0.137. The average molecular weight is 478 g/mol. The molecule has 10 nitrogen and oxygen atoms in total. The summed E-state index contributed by atoms with van der Waals surface area (Å²) in [5.41, 5.74) is 2.57. The maximum atomic E-state index is 13.2. The normalized spacial score (nSPS) is 19.7. The molecule has 1 aromatic rings. The lowest BCUT2D eigenvalue weighted by Crippen LogP contribution is -2.51. The first-order valence-corrected chi connectivity index (χ1v) is 11.0. The maximum Gasteiger partial charge on any atom is 0.451 e. The molecule has 0 bridgehead atoms. The van der Waals surface area contributed by atoms with Gasteiger partial charge in [-0.25, -0.2) is 0 Å². The van der Waals surface area contributed by atoms with E-state index >= 15 is 0 Å². The lowest BCUT2D eigenvalue weighted by Gasteiger charge is -2.30. The van der Waals surface area contributed by atoms with Gasteiger partial charge in [0.25, 0.3) is 5.91 Å². The lowest BCUT2D eigenvalue weighted by atomic mass is 9.97. The second-order valence-corrected chi connectivity index (χ2v) is 8.38. The van der Waals surface area contributed by atoms with Crippen molar-refractivity contribution in [2.24, 2.45) is 5.18 Å².